The van der Waals surface area contributed by atoms with Crippen molar-refractivity contribution in [3.8, 4) is 0 Å². The summed E-state index contributed by atoms with van der Waals surface area (Å²) in [4.78, 5) is 11.6. The molecule has 1 amide bonds. The van der Waals surface area contributed by atoms with Crippen molar-refractivity contribution >= 4 is 11.6 Å². The van der Waals surface area contributed by atoms with Crippen LogP contribution in [0.5, 0.6) is 0 Å². The summed E-state index contributed by atoms with van der Waals surface area (Å²) in [6, 6.07) is -0.482. The van der Waals surface area contributed by atoms with Gasteiger partial charge in [0, 0.05) is 7.05 Å². The maximum Gasteiger partial charge on any atom is 0.241 e. The third-order valence-electron chi connectivity index (χ3n) is 2.51. The van der Waals surface area contributed by atoms with Gasteiger partial charge < -0.3 is 11.1 Å². The van der Waals surface area contributed by atoms with Crippen molar-refractivity contribution in [1.29, 1.82) is 0 Å². The average molecular weight is 210 g/mol. The largest absolute Gasteiger partial charge is 0.322 e. The molecule has 0 aliphatic heterocycles. The molecular weight excluding hydrogens is 192 g/mol. The molecule has 0 fully saturated rings. The number of hydrogen-bond acceptors (Lipinski definition) is 3. The molecule has 1 unspecified atom stereocenters. The Labute approximate surface area is 89.6 Å². The second-order valence-electron chi connectivity index (χ2n) is 4.03. The van der Waals surface area contributed by atoms with Gasteiger partial charge >= 0.3 is 0 Å². The number of hydrogen-bond donors (Lipinski definition) is 2. The van der Waals surface area contributed by atoms with E-state index in [0.29, 0.717) is 0 Å². The molecule has 0 radical (unpaired) electrons. The predicted molar refractivity (Wildman–Crippen MR) is 59.4 cm³/mol. The number of carbonyl (C=O) groups excluding carboxylic acids is 1. The van der Waals surface area contributed by atoms with Gasteiger partial charge in [0.05, 0.1) is 23.6 Å². The van der Waals surface area contributed by atoms with E-state index in [2.05, 4.69) is 10.4 Å². The highest BCUT2D eigenvalue weighted by Crippen LogP contribution is 2.13. The first-order chi connectivity index (χ1) is 6.93. The Balaban J connectivity index is 2.71. The molecule has 1 rings (SSSR count). The Hall–Kier alpha value is -1.36. The van der Waals surface area contributed by atoms with Crippen molar-refractivity contribution in [2.24, 2.45) is 18.7 Å². The van der Waals surface area contributed by atoms with Crippen molar-refractivity contribution < 1.29 is 4.79 Å². The summed E-state index contributed by atoms with van der Waals surface area (Å²) in [5.41, 5.74) is 7.36. The van der Waals surface area contributed by atoms with Gasteiger partial charge in [-0.05, 0) is 12.8 Å². The van der Waals surface area contributed by atoms with Crippen LogP contribution in [0.4, 0.5) is 5.69 Å². The van der Waals surface area contributed by atoms with Crippen LogP contribution in [-0.2, 0) is 11.8 Å². The highest BCUT2D eigenvalue weighted by molar-refractivity contribution is 5.95. The van der Waals surface area contributed by atoms with E-state index in [9.17, 15) is 4.79 Å². The van der Waals surface area contributed by atoms with Crippen molar-refractivity contribution in [3.63, 3.8) is 0 Å². The van der Waals surface area contributed by atoms with Crippen molar-refractivity contribution in [3.05, 3.63) is 11.9 Å². The van der Waals surface area contributed by atoms with E-state index < -0.39 is 6.04 Å². The number of amides is 1. The summed E-state index contributed by atoms with van der Waals surface area (Å²) in [7, 11) is 1.83. The number of aromatic nitrogens is 2. The molecule has 3 N–H and O–H groups in total. The smallest absolute Gasteiger partial charge is 0.241 e. The fourth-order valence-electron chi connectivity index (χ4n) is 1.14. The normalized spacial score (nSPS) is 12.9. The minimum atomic E-state index is -0.482. The fourth-order valence-corrected chi connectivity index (χ4v) is 1.14. The lowest BCUT2D eigenvalue weighted by atomic mass is 10.1. The first kappa shape index (κ1) is 11.7. The summed E-state index contributed by atoms with van der Waals surface area (Å²) in [5, 5.41) is 6.80. The molecule has 0 aromatic carbocycles. The number of carbonyl (C=O) groups is 1. The SMILES string of the molecule is Cc1c(NC(=O)C(N)C(C)C)cnn1C. The minimum Gasteiger partial charge on any atom is -0.322 e. The van der Waals surface area contributed by atoms with Crippen LogP contribution in [0.2, 0.25) is 0 Å². The standard InChI is InChI=1S/C10H18N4O/c1-6(2)9(11)10(15)13-8-5-12-14(4)7(8)3/h5-6,9H,11H2,1-4H3,(H,13,15). The van der Waals surface area contributed by atoms with Gasteiger partial charge in [-0.25, -0.2) is 0 Å². The third kappa shape index (κ3) is 2.56. The fraction of sp³-hybridized carbons (Fsp3) is 0.600. The number of aryl methyl sites for hydroxylation is 1. The van der Waals surface area contributed by atoms with Crippen LogP contribution in [-0.4, -0.2) is 21.7 Å². The van der Waals surface area contributed by atoms with E-state index in [1.807, 2.05) is 27.8 Å². The molecule has 1 aromatic rings. The van der Waals surface area contributed by atoms with Gasteiger partial charge in [-0.3, -0.25) is 9.48 Å². The Bertz CT molecular complexity index is 356. The van der Waals surface area contributed by atoms with Gasteiger partial charge in [0.2, 0.25) is 5.91 Å². The van der Waals surface area contributed by atoms with E-state index in [1.165, 1.54) is 0 Å². The average Bonchev–Trinajstić information content (AvgIpc) is 2.48. The van der Waals surface area contributed by atoms with E-state index in [4.69, 9.17) is 5.73 Å². The van der Waals surface area contributed by atoms with E-state index >= 15 is 0 Å². The Kier molecular flexibility index (Phi) is 3.47. The van der Waals surface area contributed by atoms with Crippen molar-refractivity contribution in [2.75, 3.05) is 5.32 Å². The summed E-state index contributed by atoms with van der Waals surface area (Å²) in [6.45, 7) is 5.73. The molecule has 1 heterocycles. The number of nitrogens with one attached hydrogen (secondary N) is 1. The number of anilines is 1. The maximum absolute atomic E-state index is 11.6. The Morgan fingerprint density at radius 1 is 1.60 bits per heavy atom. The summed E-state index contributed by atoms with van der Waals surface area (Å²) in [6.07, 6.45) is 1.63. The Morgan fingerprint density at radius 3 is 2.60 bits per heavy atom. The van der Waals surface area contributed by atoms with E-state index in [-0.39, 0.29) is 11.8 Å². The lowest BCUT2D eigenvalue weighted by Crippen LogP contribution is -2.39. The highest BCUT2D eigenvalue weighted by atomic mass is 16.2. The lowest BCUT2D eigenvalue weighted by molar-refractivity contribution is -0.118. The zero-order chi connectivity index (χ0) is 11.6. The van der Waals surface area contributed by atoms with Crippen LogP contribution in [0.1, 0.15) is 19.5 Å². The number of rotatable bonds is 3. The third-order valence-corrected chi connectivity index (χ3v) is 2.51. The highest BCUT2D eigenvalue weighted by Gasteiger charge is 2.18. The van der Waals surface area contributed by atoms with Crippen molar-refractivity contribution in [1.82, 2.24) is 9.78 Å². The van der Waals surface area contributed by atoms with Gasteiger partial charge in [0.15, 0.2) is 0 Å². The van der Waals surface area contributed by atoms with Gasteiger partial charge in [-0.2, -0.15) is 5.10 Å². The molecule has 0 saturated carbocycles. The monoisotopic (exact) mass is 210 g/mol. The quantitative estimate of drug-likeness (QED) is 0.769. The van der Waals surface area contributed by atoms with Crippen LogP contribution in [0.25, 0.3) is 0 Å². The topological polar surface area (TPSA) is 72.9 Å². The van der Waals surface area contributed by atoms with Gasteiger partial charge in [0.25, 0.3) is 0 Å². The van der Waals surface area contributed by atoms with Gasteiger partial charge in [-0.15, -0.1) is 0 Å². The molecule has 0 bridgehead atoms. The zero-order valence-corrected chi connectivity index (χ0v) is 9.61. The molecule has 0 aliphatic carbocycles. The molecule has 15 heavy (non-hydrogen) atoms. The lowest BCUT2D eigenvalue weighted by Gasteiger charge is -2.14. The zero-order valence-electron chi connectivity index (χ0n) is 9.61. The van der Waals surface area contributed by atoms with Crippen LogP contribution < -0.4 is 11.1 Å². The second-order valence-corrected chi connectivity index (χ2v) is 4.03. The summed E-state index contributed by atoms with van der Waals surface area (Å²) >= 11 is 0. The molecule has 0 spiro atoms. The van der Waals surface area contributed by atoms with Crippen LogP contribution >= 0.6 is 0 Å². The predicted octanol–water partition coefficient (Wildman–Crippen LogP) is 0.650. The van der Waals surface area contributed by atoms with Gasteiger partial charge in [0.1, 0.15) is 0 Å². The molecule has 84 valence electrons. The molecule has 5 heteroatoms. The molecule has 0 saturated heterocycles. The minimum absolute atomic E-state index is 0.127. The molecule has 1 aromatic heterocycles. The number of nitrogens with two attached hydrogens (primary N) is 1. The van der Waals surface area contributed by atoms with Gasteiger partial charge in [-0.1, -0.05) is 13.8 Å². The molecule has 5 nitrogen and oxygen atoms in total. The first-order valence-electron chi connectivity index (χ1n) is 4.98. The number of nitrogens with zero attached hydrogens (tertiary/aromatic N) is 2. The molecular formula is C10H18N4O. The maximum atomic E-state index is 11.6. The Morgan fingerprint density at radius 2 is 2.20 bits per heavy atom. The summed E-state index contributed by atoms with van der Waals surface area (Å²) in [5.74, 6) is -0.0388. The van der Waals surface area contributed by atoms with E-state index in [1.54, 1.807) is 10.9 Å². The molecule has 0 aliphatic rings. The van der Waals surface area contributed by atoms with E-state index in [0.717, 1.165) is 11.4 Å². The van der Waals surface area contributed by atoms with Crippen LogP contribution in [0.3, 0.4) is 0 Å². The van der Waals surface area contributed by atoms with Crippen LogP contribution in [0, 0.1) is 12.8 Å². The second kappa shape index (κ2) is 4.44. The summed E-state index contributed by atoms with van der Waals surface area (Å²) < 4.78 is 1.70. The van der Waals surface area contributed by atoms with Crippen molar-refractivity contribution in [2.45, 2.75) is 26.8 Å². The van der Waals surface area contributed by atoms with Crippen LogP contribution in [0.15, 0.2) is 6.20 Å². The first-order valence-corrected chi connectivity index (χ1v) is 4.98. The molecule has 1 atom stereocenters.